The Morgan fingerprint density at radius 1 is 1.28 bits per heavy atom. The molecule has 0 spiro atoms. The van der Waals surface area contributed by atoms with E-state index in [1.54, 1.807) is 0 Å². The Bertz CT molecular complexity index is 448. The van der Waals surface area contributed by atoms with Crippen molar-refractivity contribution in [2.45, 2.75) is 6.92 Å². The molecule has 1 aromatic rings. The summed E-state index contributed by atoms with van der Waals surface area (Å²) in [5.41, 5.74) is 2.02. The minimum atomic E-state index is 0.0405. The van der Waals surface area contributed by atoms with Gasteiger partial charge in [-0.05, 0) is 30.4 Å². The summed E-state index contributed by atoms with van der Waals surface area (Å²) >= 11 is 0. The Morgan fingerprint density at radius 3 is 2.61 bits per heavy atom. The fourth-order valence-corrected chi connectivity index (χ4v) is 2.93. The second-order valence-corrected chi connectivity index (χ2v) is 5.33. The smallest absolute Gasteiger partial charge is 0.321 e. The van der Waals surface area contributed by atoms with E-state index < -0.39 is 0 Å². The molecule has 2 atom stereocenters. The van der Waals surface area contributed by atoms with Gasteiger partial charge in [-0.2, -0.15) is 0 Å². The van der Waals surface area contributed by atoms with E-state index >= 15 is 0 Å². The standard InChI is InChI=1S/C14H19N3O/c1-10-4-2-3-5-13(10)16-14(18)17-8-11-6-15-7-12(11)9-17/h2-5,11-12,15H,6-9H2,1H3,(H,16,18). The fourth-order valence-electron chi connectivity index (χ4n) is 2.93. The lowest BCUT2D eigenvalue weighted by molar-refractivity contribution is 0.219. The zero-order chi connectivity index (χ0) is 12.5. The molecule has 4 nitrogen and oxygen atoms in total. The number of urea groups is 1. The Labute approximate surface area is 107 Å². The topological polar surface area (TPSA) is 44.4 Å². The average Bonchev–Trinajstić information content (AvgIpc) is 2.92. The molecule has 2 fully saturated rings. The normalized spacial score (nSPS) is 26.2. The first kappa shape index (κ1) is 11.5. The minimum absolute atomic E-state index is 0.0405. The molecular formula is C14H19N3O. The highest BCUT2D eigenvalue weighted by molar-refractivity contribution is 5.90. The van der Waals surface area contributed by atoms with Gasteiger partial charge in [0.05, 0.1) is 0 Å². The van der Waals surface area contributed by atoms with Gasteiger partial charge in [0.15, 0.2) is 0 Å². The van der Waals surface area contributed by atoms with Crippen LogP contribution >= 0.6 is 0 Å². The van der Waals surface area contributed by atoms with E-state index in [-0.39, 0.29) is 6.03 Å². The Hall–Kier alpha value is -1.55. The van der Waals surface area contributed by atoms with Crippen LogP contribution in [-0.4, -0.2) is 37.1 Å². The summed E-state index contributed by atoms with van der Waals surface area (Å²) < 4.78 is 0. The summed E-state index contributed by atoms with van der Waals surface area (Å²) in [4.78, 5) is 14.1. The molecule has 4 heteroatoms. The number of hydrogen-bond acceptors (Lipinski definition) is 2. The highest BCUT2D eigenvalue weighted by atomic mass is 16.2. The number of anilines is 1. The number of hydrogen-bond donors (Lipinski definition) is 2. The van der Waals surface area contributed by atoms with Crippen molar-refractivity contribution in [2.75, 3.05) is 31.5 Å². The Morgan fingerprint density at radius 2 is 1.94 bits per heavy atom. The predicted octanol–water partition coefficient (Wildman–Crippen LogP) is 1.68. The van der Waals surface area contributed by atoms with Gasteiger partial charge in [-0.15, -0.1) is 0 Å². The van der Waals surface area contributed by atoms with Gasteiger partial charge in [0.1, 0.15) is 0 Å². The molecule has 2 aliphatic rings. The molecule has 0 aliphatic carbocycles. The maximum absolute atomic E-state index is 12.2. The number of amides is 2. The van der Waals surface area contributed by atoms with Crippen molar-refractivity contribution < 1.29 is 4.79 Å². The maximum atomic E-state index is 12.2. The highest BCUT2D eigenvalue weighted by Gasteiger charge is 2.38. The third kappa shape index (κ3) is 2.08. The van der Waals surface area contributed by atoms with Crippen LogP contribution in [0, 0.1) is 18.8 Å². The maximum Gasteiger partial charge on any atom is 0.321 e. The second kappa shape index (κ2) is 4.61. The van der Waals surface area contributed by atoms with E-state index in [2.05, 4.69) is 10.6 Å². The highest BCUT2D eigenvalue weighted by Crippen LogP contribution is 2.26. The number of carbonyl (C=O) groups excluding carboxylic acids is 1. The third-order valence-electron chi connectivity index (χ3n) is 4.06. The lowest BCUT2D eigenvalue weighted by atomic mass is 10.0. The molecule has 0 radical (unpaired) electrons. The summed E-state index contributed by atoms with van der Waals surface area (Å²) in [7, 11) is 0. The first-order chi connectivity index (χ1) is 8.74. The molecule has 2 heterocycles. The molecule has 2 amide bonds. The van der Waals surface area contributed by atoms with Gasteiger partial charge in [0, 0.05) is 31.9 Å². The lowest BCUT2D eigenvalue weighted by Gasteiger charge is -2.19. The van der Waals surface area contributed by atoms with Crippen LogP contribution in [-0.2, 0) is 0 Å². The summed E-state index contributed by atoms with van der Waals surface area (Å²) in [6, 6.07) is 7.94. The van der Waals surface area contributed by atoms with Crippen molar-refractivity contribution in [3.05, 3.63) is 29.8 Å². The Balaban J connectivity index is 1.64. The van der Waals surface area contributed by atoms with Crippen LogP contribution in [0.1, 0.15) is 5.56 Å². The second-order valence-electron chi connectivity index (χ2n) is 5.33. The summed E-state index contributed by atoms with van der Waals surface area (Å²) in [6.45, 7) is 5.89. The van der Waals surface area contributed by atoms with Crippen molar-refractivity contribution in [2.24, 2.45) is 11.8 Å². The van der Waals surface area contributed by atoms with Crippen molar-refractivity contribution in [1.29, 1.82) is 0 Å². The largest absolute Gasteiger partial charge is 0.324 e. The van der Waals surface area contributed by atoms with Gasteiger partial charge >= 0.3 is 6.03 Å². The van der Waals surface area contributed by atoms with Crippen LogP contribution in [0.15, 0.2) is 24.3 Å². The SMILES string of the molecule is Cc1ccccc1NC(=O)N1CC2CNCC2C1. The number of aryl methyl sites for hydroxylation is 1. The first-order valence-electron chi connectivity index (χ1n) is 6.56. The van der Waals surface area contributed by atoms with Crippen molar-refractivity contribution >= 4 is 11.7 Å². The minimum Gasteiger partial charge on any atom is -0.324 e. The van der Waals surface area contributed by atoms with Gasteiger partial charge in [0.25, 0.3) is 0 Å². The molecule has 0 saturated carbocycles. The number of nitrogens with zero attached hydrogens (tertiary/aromatic N) is 1. The number of carbonyl (C=O) groups is 1. The molecule has 3 rings (SSSR count). The Kier molecular flexibility index (Phi) is 2.96. The van der Waals surface area contributed by atoms with Crippen molar-refractivity contribution in [3.8, 4) is 0 Å². The molecule has 2 unspecified atom stereocenters. The average molecular weight is 245 g/mol. The lowest BCUT2D eigenvalue weighted by Crippen LogP contribution is -2.35. The van der Waals surface area contributed by atoms with Crippen LogP contribution in [0.5, 0.6) is 0 Å². The molecular weight excluding hydrogens is 226 g/mol. The van der Waals surface area contributed by atoms with Crippen LogP contribution < -0.4 is 10.6 Å². The van der Waals surface area contributed by atoms with Crippen LogP contribution in [0.2, 0.25) is 0 Å². The zero-order valence-electron chi connectivity index (χ0n) is 10.6. The molecule has 2 N–H and O–H groups in total. The molecule has 96 valence electrons. The quantitative estimate of drug-likeness (QED) is 0.790. The number of nitrogens with one attached hydrogen (secondary N) is 2. The monoisotopic (exact) mass is 245 g/mol. The number of para-hydroxylation sites is 1. The van der Waals surface area contributed by atoms with E-state index in [0.717, 1.165) is 37.4 Å². The summed E-state index contributed by atoms with van der Waals surface area (Å²) in [5, 5.41) is 6.39. The summed E-state index contributed by atoms with van der Waals surface area (Å²) in [5.74, 6) is 1.29. The van der Waals surface area contributed by atoms with E-state index in [1.807, 2.05) is 36.1 Å². The molecule has 1 aromatic carbocycles. The van der Waals surface area contributed by atoms with Gasteiger partial charge in [-0.1, -0.05) is 18.2 Å². The third-order valence-corrected chi connectivity index (χ3v) is 4.06. The van der Waals surface area contributed by atoms with Crippen LogP contribution in [0.4, 0.5) is 10.5 Å². The molecule has 0 aromatic heterocycles. The van der Waals surface area contributed by atoms with Crippen molar-refractivity contribution in [1.82, 2.24) is 10.2 Å². The fraction of sp³-hybridized carbons (Fsp3) is 0.500. The van der Waals surface area contributed by atoms with E-state index in [4.69, 9.17) is 0 Å². The van der Waals surface area contributed by atoms with Crippen LogP contribution in [0.3, 0.4) is 0 Å². The number of benzene rings is 1. The predicted molar refractivity (Wildman–Crippen MR) is 71.6 cm³/mol. The van der Waals surface area contributed by atoms with Crippen molar-refractivity contribution in [3.63, 3.8) is 0 Å². The molecule has 0 bridgehead atoms. The van der Waals surface area contributed by atoms with E-state index in [9.17, 15) is 4.79 Å². The zero-order valence-corrected chi connectivity index (χ0v) is 10.6. The van der Waals surface area contributed by atoms with Gasteiger partial charge in [0.2, 0.25) is 0 Å². The molecule has 2 saturated heterocycles. The molecule has 2 aliphatic heterocycles. The first-order valence-corrected chi connectivity index (χ1v) is 6.56. The van der Waals surface area contributed by atoms with Gasteiger partial charge in [-0.3, -0.25) is 0 Å². The molecule has 18 heavy (non-hydrogen) atoms. The number of rotatable bonds is 1. The van der Waals surface area contributed by atoms with Gasteiger partial charge in [-0.25, -0.2) is 4.79 Å². The van der Waals surface area contributed by atoms with Crippen LogP contribution in [0.25, 0.3) is 0 Å². The van der Waals surface area contributed by atoms with E-state index in [0.29, 0.717) is 11.8 Å². The summed E-state index contributed by atoms with van der Waals surface area (Å²) in [6.07, 6.45) is 0. The van der Waals surface area contributed by atoms with Gasteiger partial charge < -0.3 is 15.5 Å². The number of fused-ring (bicyclic) bond motifs is 1. The number of likely N-dealkylation sites (tertiary alicyclic amines) is 1. The van der Waals surface area contributed by atoms with E-state index in [1.165, 1.54) is 0 Å².